The molecule has 8 nitrogen and oxygen atoms in total. The molecule has 1 unspecified atom stereocenters. The van der Waals surface area contributed by atoms with Gasteiger partial charge in [0.05, 0.1) is 33.5 Å². The number of aromatic nitrogens is 1. The number of aliphatic hydroxyl groups is 1. The minimum absolute atomic E-state index is 0.0702. The number of alkyl halides is 3. The molecule has 0 fully saturated rings. The molecular weight excluding hydrogens is 415 g/mol. The van der Waals surface area contributed by atoms with Gasteiger partial charge in [-0.1, -0.05) is 0 Å². The maximum atomic E-state index is 13.8. The Labute approximate surface area is 167 Å². The smallest absolute Gasteiger partial charge is 0.438 e. The zero-order valence-corrected chi connectivity index (χ0v) is 16.3. The molecule has 2 heterocycles. The van der Waals surface area contributed by atoms with Crippen molar-refractivity contribution in [3.05, 3.63) is 34.8 Å². The van der Waals surface area contributed by atoms with Crippen LogP contribution in [0.1, 0.15) is 22.5 Å². The van der Waals surface area contributed by atoms with Gasteiger partial charge in [0.2, 0.25) is 5.13 Å². The second kappa shape index (κ2) is 7.52. The fourth-order valence-corrected chi connectivity index (χ4v) is 3.52. The molecule has 2 aromatic rings. The number of carbonyl (C=O) groups is 1. The monoisotopic (exact) mass is 431 g/mol. The second-order valence-electron chi connectivity index (χ2n) is 5.92. The standard InChI is InChI=1S/C17H16F3N3O5S/c1-26-9-4-5-10(13(6-9)27-2)11-7-16(25,17(18,19)20)23(22-11)15-21-12(8-29-15)14(24)28-3/h4-6,8,25H,7H2,1-3H3. The summed E-state index contributed by atoms with van der Waals surface area (Å²) in [5.41, 5.74) is -3.36. The maximum Gasteiger partial charge on any atom is 0.438 e. The lowest BCUT2D eigenvalue weighted by Gasteiger charge is -2.32. The number of halogens is 3. The van der Waals surface area contributed by atoms with E-state index in [1.807, 2.05) is 0 Å². The first-order valence-electron chi connectivity index (χ1n) is 8.07. The van der Waals surface area contributed by atoms with Crippen molar-refractivity contribution in [1.82, 2.24) is 4.98 Å². The summed E-state index contributed by atoms with van der Waals surface area (Å²) in [4.78, 5) is 15.4. The average molecular weight is 431 g/mol. The summed E-state index contributed by atoms with van der Waals surface area (Å²) in [7, 11) is 3.91. The van der Waals surface area contributed by atoms with Gasteiger partial charge in [-0.05, 0) is 12.1 Å². The molecule has 1 N–H and O–H groups in total. The van der Waals surface area contributed by atoms with Crippen LogP contribution in [0.2, 0.25) is 0 Å². The van der Waals surface area contributed by atoms with E-state index in [4.69, 9.17) is 9.47 Å². The summed E-state index contributed by atoms with van der Waals surface area (Å²) >= 11 is 0.718. The van der Waals surface area contributed by atoms with Gasteiger partial charge in [-0.15, -0.1) is 11.3 Å². The minimum atomic E-state index is -5.06. The Morgan fingerprint density at radius 3 is 2.59 bits per heavy atom. The van der Waals surface area contributed by atoms with E-state index in [0.29, 0.717) is 10.8 Å². The van der Waals surface area contributed by atoms with Gasteiger partial charge in [-0.3, -0.25) is 0 Å². The van der Waals surface area contributed by atoms with Gasteiger partial charge in [-0.2, -0.15) is 23.3 Å². The van der Waals surface area contributed by atoms with E-state index in [1.54, 1.807) is 0 Å². The van der Waals surface area contributed by atoms with Crippen LogP contribution >= 0.6 is 11.3 Å². The van der Waals surface area contributed by atoms with Crippen molar-refractivity contribution in [1.29, 1.82) is 0 Å². The van der Waals surface area contributed by atoms with Crippen molar-refractivity contribution in [3.63, 3.8) is 0 Å². The van der Waals surface area contributed by atoms with Gasteiger partial charge in [0.25, 0.3) is 5.72 Å². The van der Waals surface area contributed by atoms with Crippen molar-refractivity contribution in [3.8, 4) is 11.5 Å². The predicted molar refractivity (Wildman–Crippen MR) is 97.6 cm³/mol. The van der Waals surface area contributed by atoms with Crippen LogP contribution in [0.5, 0.6) is 11.5 Å². The van der Waals surface area contributed by atoms with Crippen molar-refractivity contribution >= 4 is 28.1 Å². The largest absolute Gasteiger partial charge is 0.497 e. The molecule has 0 saturated carbocycles. The van der Waals surface area contributed by atoms with Gasteiger partial charge >= 0.3 is 12.1 Å². The van der Waals surface area contributed by atoms with E-state index in [2.05, 4.69) is 14.8 Å². The number of thiazole rings is 1. The number of hydrazone groups is 1. The third kappa shape index (κ3) is 3.60. The highest BCUT2D eigenvalue weighted by atomic mass is 32.1. The first-order chi connectivity index (χ1) is 13.6. The molecule has 1 aromatic carbocycles. The summed E-state index contributed by atoms with van der Waals surface area (Å²) in [6, 6.07) is 4.51. The van der Waals surface area contributed by atoms with E-state index >= 15 is 0 Å². The SMILES string of the molecule is COC(=O)c1csc(N2N=C(c3ccc(OC)cc3OC)CC2(O)C(F)(F)F)n1. The van der Waals surface area contributed by atoms with Crippen LogP contribution in [-0.2, 0) is 4.74 Å². The van der Waals surface area contributed by atoms with Crippen molar-refractivity contribution in [2.24, 2.45) is 5.10 Å². The van der Waals surface area contributed by atoms with Gasteiger partial charge in [0.1, 0.15) is 11.5 Å². The summed E-state index contributed by atoms with van der Waals surface area (Å²) in [5.74, 6) is -0.151. The Balaban J connectivity index is 2.08. The molecular formula is C17H16F3N3O5S. The number of anilines is 1. The molecule has 12 heteroatoms. The van der Waals surface area contributed by atoms with Crippen molar-refractivity contribution in [2.45, 2.75) is 18.3 Å². The van der Waals surface area contributed by atoms with E-state index in [-0.39, 0.29) is 27.9 Å². The first kappa shape index (κ1) is 20.9. The van der Waals surface area contributed by atoms with Crippen LogP contribution in [-0.4, -0.2) is 55.0 Å². The number of carbonyl (C=O) groups excluding carboxylic acids is 1. The Hall–Kier alpha value is -2.86. The van der Waals surface area contributed by atoms with Crippen LogP contribution in [0, 0.1) is 0 Å². The number of hydrogen-bond donors (Lipinski definition) is 1. The molecule has 0 saturated heterocycles. The number of benzene rings is 1. The molecule has 0 radical (unpaired) electrons. The number of nitrogens with zero attached hydrogens (tertiary/aromatic N) is 3. The van der Waals surface area contributed by atoms with Crippen molar-refractivity contribution < 1.29 is 37.3 Å². The second-order valence-corrected chi connectivity index (χ2v) is 6.76. The highest BCUT2D eigenvalue weighted by molar-refractivity contribution is 7.14. The third-order valence-electron chi connectivity index (χ3n) is 4.23. The van der Waals surface area contributed by atoms with E-state index in [9.17, 15) is 23.1 Å². The van der Waals surface area contributed by atoms with Crippen LogP contribution in [0.4, 0.5) is 18.3 Å². The molecule has 0 aliphatic carbocycles. The number of ether oxygens (including phenoxy) is 3. The fraction of sp³-hybridized carbons (Fsp3) is 0.353. The third-order valence-corrected chi connectivity index (χ3v) is 5.04. The fourth-order valence-electron chi connectivity index (χ4n) is 2.71. The zero-order chi connectivity index (χ0) is 21.4. The van der Waals surface area contributed by atoms with E-state index < -0.39 is 24.3 Å². The molecule has 1 aliphatic heterocycles. The Kier molecular flexibility index (Phi) is 5.41. The summed E-state index contributed by atoms with van der Waals surface area (Å²) in [6.07, 6.45) is -5.93. The quantitative estimate of drug-likeness (QED) is 0.728. The average Bonchev–Trinajstić information content (AvgIpc) is 3.31. The summed E-state index contributed by atoms with van der Waals surface area (Å²) in [6.45, 7) is 0. The molecule has 1 aromatic heterocycles. The number of methoxy groups -OCH3 is 3. The Bertz CT molecular complexity index is 962. The lowest BCUT2D eigenvalue weighted by molar-refractivity contribution is -0.254. The lowest BCUT2D eigenvalue weighted by atomic mass is 10.00. The molecule has 0 spiro atoms. The Morgan fingerprint density at radius 2 is 2.00 bits per heavy atom. The highest BCUT2D eigenvalue weighted by Gasteiger charge is 2.62. The Morgan fingerprint density at radius 1 is 1.28 bits per heavy atom. The van der Waals surface area contributed by atoms with Crippen LogP contribution < -0.4 is 14.5 Å². The van der Waals surface area contributed by atoms with Gasteiger partial charge in [0, 0.05) is 17.0 Å². The molecule has 1 aliphatic rings. The maximum absolute atomic E-state index is 13.8. The van der Waals surface area contributed by atoms with Gasteiger partial charge < -0.3 is 19.3 Å². The van der Waals surface area contributed by atoms with Crippen LogP contribution in [0.3, 0.4) is 0 Å². The van der Waals surface area contributed by atoms with E-state index in [0.717, 1.165) is 18.4 Å². The van der Waals surface area contributed by atoms with Gasteiger partial charge in [-0.25, -0.2) is 9.78 Å². The molecule has 3 rings (SSSR count). The topological polar surface area (TPSA) is 93.5 Å². The van der Waals surface area contributed by atoms with E-state index in [1.165, 1.54) is 37.8 Å². The molecule has 1 atom stereocenters. The molecule has 0 amide bonds. The molecule has 0 bridgehead atoms. The zero-order valence-electron chi connectivity index (χ0n) is 15.5. The number of hydrogen-bond acceptors (Lipinski definition) is 9. The predicted octanol–water partition coefficient (Wildman–Crippen LogP) is 2.81. The number of esters is 1. The van der Waals surface area contributed by atoms with Crippen LogP contribution in [0.15, 0.2) is 28.7 Å². The highest BCUT2D eigenvalue weighted by Crippen LogP contribution is 2.45. The summed E-state index contributed by atoms with van der Waals surface area (Å²) in [5, 5.41) is 15.8. The molecule has 156 valence electrons. The molecule has 29 heavy (non-hydrogen) atoms. The number of rotatable bonds is 5. The normalized spacial score (nSPS) is 19.1. The minimum Gasteiger partial charge on any atom is -0.497 e. The van der Waals surface area contributed by atoms with Crippen molar-refractivity contribution in [2.75, 3.05) is 26.3 Å². The first-order valence-corrected chi connectivity index (χ1v) is 8.95. The van der Waals surface area contributed by atoms with Crippen LogP contribution in [0.25, 0.3) is 0 Å². The lowest BCUT2D eigenvalue weighted by Crippen LogP contribution is -2.55. The van der Waals surface area contributed by atoms with Gasteiger partial charge in [0.15, 0.2) is 5.69 Å². The summed E-state index contributed by atoms with van der Waals surface area (Å²) < 4.78 is 56.1.